The number of amides is 1. The number of ether oxygens (including phenoxy) is 3. The second kappa shape index (κ2) is 7.09. The second-order valence-electron chi connectivity index (χ2n) is 5.37. The van der Waals surface area contributed by atoms with Crippen LogP contribution in [0.3, 0.4) is 0 Å². The summed E-state index contributed by atoms with van der Waals surface area (Å²) in [5.74, 6) is 2.53. The highest BCUT2D eigenvalue weighted by atomic mass is 16.5. The molecule has 6 nitrogen and oxygen atoms in total. The maximum absolute atomic E-state index is 10.6. The lowest BCUT2D eigenvalue weighted by Crippen LogP contribution is -1.97. The quantitative estimate of drug-likeness (QED) is 0.690. The number of anilines is 1. The maximum atomic E-state index is 10.6. The molecule has 0 bridgehead atoms. The van der Waals surface area contributed by atoms with Gasteiger partial charge in [0.15, 0.2) is 11.5 Å². The minimum absolute atomic E-state index is 0.606. The average Bonchev–Trinajstić information content (AvgIpc) is 2.63. The van der Waals surface area contributed by atoms with Crippen molar-refractivity contribution in [3.8, 4) is 23.0 Å². The minimum Gasteiger partial charge on any atom is -0.493 e. The van der Waals surface area contributed by atoms with E-state index in [1.807, 2.05) is 25.1 Å². The number of benzene rings is 2. The Morgan fingerprint density at radius 1 is 1.00 bits per heavy atom. The first-order valence-electron chi connectivity index (χ1n) is 7.65. The highest BCUT2D eigenvalue weighted by Gasteiger charge is 2.11. The average molecular weight is 338 g/mol. The van der Waals surface area contributed by atoms with E-state index >= 15 is 0 Å². The van der Waals surface area contributed by atoms with Gasteiger partial charge in [-0.25, -0.2) is 0 Å². The van der Waals surface area contributed by atoms with Gasteiger partial charge in [0.25, 0.3) is 0 Å². The number of aromatic nitrogens is 1. The molecule has 0 saturated carbocycles. The Bertz CT molecular complexity index is 925. The van der Waals surface area contributed by atoms with E-state index in [4.69, 9.17) is 14.2 Å². The van der Waals surface area contributed by atoms with Crippen molar-refractivity contribution in [1.29, 1.82) is 0 Å². The lowest BCUT2D eigenvalue weighted by molar-refractivity contribution is -0.105. The van der Waals surface area contributed by atoms with Crippen molar-refractivity contribution in [3.63, 3.8) is 0 Å². The van der Waals surface area contributed by atoms with Crippen LogP contribution in [0.5, 0.6) is 23.0 Å². The van der Waals surface area contributed by atoms with Crippen LogP contribution in [-0.2, 0) is 4.79 Å². The monoisotopic (exact) mass is 338 g/mol. The molecule has 6 heteroatoms. The summed E-state index contributed by atoms with van der Waals surface area (Å²) in [5.41, 5.74) is 2.39. The van der Waals surface area contributed by atoms with Crippen LogP contribution >= 0.6 is 0 Å². The van der Waals surface area contributed by atoms with Crippen LogP contribution in [-0.4, -0.2) is 25.6 Å². The van der Waals surface area contributed by atoms with Crippen LogP contribution in [0.4, 0.5) is 5.69 Å². The molecule has 1 heterocycles. The number of hydrogen-bond donors (Lipinski definition) is 1. The predicted molar refractivity (Wildman–Crippen MR) is 95.8 cm³/mol. The van der Waals surface area contributed by atoms with Crippen molar-refractivity contribution in [2.75, 3.05) is 19.5 Å². The molecule has 3 rings (SSSR count). The van der Waals surface area contributed by atoms with E-state index in [1.165, 1.54) is 0 Å². The summed E-state index contributed by atoms with van der Waals surface area (Å²) < 4.78 is 16.7. The van der Waals surface area contributed by atoms with Gasteiger partial charge in [0.1, 0.15) is 11.5 Å². The Kier molecular flexibility index (Phi) is 4.70. The Morgan fingerprint density at radius 2 is 1.76 bits per heavy atom. The minimum atomic E-state index is 0.606. The Hall–Kier alpha value is -3.28. The number of rotatable bonds is 6. The molecule has 0 aliphatic carbocycles. The first-order chi connectivity index (χ1) is 12.2. The molecule has 0 atom stereocenters. The van der Waals surface area contributed by atoms with Crippen molar-refractivity contribution in [2.45, 2.75) is 6.92 Å². The highest BCUT2D eigenvalue weighted by molar-refractivity contribution is 5.88. The molecular weight excluding hydrogens is 320 g/mol. The van der Waals surface area contributed by atoms with Crippen molar-refractivity contribution >= 4 is 23.0 Å². The third-order valence-corrected chi connectivity index (χ3v) is 3.85. The standard InChI is InChI=1S/C19H18N2O4/c1-12-8-13(4-5-15(12)21-11-22)25-17-6-7-20-16-10-19(24-3)18(23-2)9-14(16)17/h4-11H,1-3H3,(H,21,22). The normalized spacial score (nSPS) is 10.4. The molecule has 0 aliphatic rings. The van der Waals surface area contributed by atoms with Gasteiger partial charge in [0.05, 0.1) is 19.7 Å². The molecule has 1 N–H and O–H groups in total. The SMILES string of the molecule is COc1cc2nccc(Oc3ccc(NC=O)c(C)c3)c2cc1OC. The second-order valence-corrected chi connectivity index (χ2v) is 5.37. The highest BCUT2D eigenvalue weighted by Crippen LogP contribution is 2.37. The number of aryl methyl sites for hydroxylation is 1. The fourth-order valence-electron chi connectivity index (χ4n) is 2.59. The number of nitrogens with zero attached hydrogens (tertiary/aromatic N) is 1. The molecule has 0 aliphatic heterocycles. The number of carbonyl (C=O) groups is 1. The van der Waals surface area contributed by atoms with Gasteiger partial charge in [-0.3, -0.25) is 9.78 Å². The van der Waals surface area contributed by atoms with Crippen molar-refractivity contribution in [2.24, 2.45) is 0 Å². The Labute approximate surface area is 145 Å². The van der Waals surface area contributed by atoms with Crippen LogP contribution in [0.15, 0.2) is 42.6 Å². The lowest BCUT2D eigenvalue weighted by Gasteiger charge is -2.13. The number of fused-ring (bicyclic) bond motifs is 1. The molecule has 2 aromatic carbocycles. The summed E-state index contributed by atoms with van der Waals surface area (Å²) in [6, 6.07) is 10.9. The third-order valence-electron chi connectivity index (χ3n) is 3.85. The van der Waals surface area contributed by atoms with Gasteiger partial charge < -0.3 is 19.5 Å². The summed E-state index contributed by atoms with van der Waals surface area (Å²) in [4.78, 5) is 14.9. The van der Waals surface area contributed by atoms with E-state index < -0.39 is 0 Å². The smallest absolute Gasteiger partial charge is 0.211 e. The predicted octanol–water partition coefficient (Wildman–Crippen LogP) is 3.92. The summed E-state index contributed by atoms with van der Waals surface area (Å²) in [5, 5.41) is 3.46. The van der Waals surface area contributed by atoms with Gasteiger partial charge in [-0.05, 0) is 42.8 Å². The van der Waals surface area contributed by atoms with E-state index in [0.29, 0.717) is 29.4 Å². The number of carbonyl (C=O) groups excluding carboxylic acids is 1. The fourth-order valence-corrected chi connectivity index (χ4v) is 2.59. The zero-order valence-electron chi connectivity index (χ0n) is 14.2. The van der Waals surface area contributed by atoms with E-state index in [-0.39, 0.29) is 0 Å². The van der Waals surface area contributed by atoms with Crippen LogP contribution < -0.4 is 19.5 Å². The summed E-state index contributed by atoms with van der Waals surface area (Å²) >= 11 is 0. The molecule has 0 unspecified atom stereocenters. The van der Waals surface area contributed by atoms with Gasteiger partial charge in [0.2, 0.25) is 6.41 Å². The third kappa shape index (κ3) is 3.33. The van der Waals surface area contributed by atoms with Crippen molar-refractivity contribution < 1.29 is 19.0 Å². The Morgan fingerprint density at radius 3 is 2.44 bits per heavy atom. The maximum Gasteiger partial charge on any atom is 0.211 e. The molecule has 128 valence electrons. The van der Waals surface area contributed by atoms with Gasteiger partial charge >= 0.3 is 0 Å². The van der Waals surface area contributed by atoms with Crippen LogP contribution in [0.25, 0.3) is 10.9 Å². The zero-order chi connectivity index (χ0) is 17.8. The lowest BCUT2D eigenvalue weighted by atomic mass is 10.1. The van der Waals surface area contributed by atoms with E-state index in [0.717, 1.165) is 22.2 Å². The van der Waals surface area contributed by atoms with Crippen molar-refractivity contribution in [3.05, 3.63) is 48.2 Å². The zero-order valence-corrected chi connectivity index (χ0v) is 14.2. The molecule has 0 spiro atoms. The van der Waals surface area contributed by atoms with E-state index in [9.17, 15) is 4.79 Å². The van der Waals surface area contributed by atoms with Gasteiger partial charge in [-0.1, -0.05) is 0 Å². The number of hydrogen-bond acceptors (Lipinski definition) is 5. The number of pyridine rings is 1. The Balaban J connectivity index is 2.01. The molecule has 1 aromatic heterocycles. The first kappa shape index (κ1) is 16.6. The first-order valence-corrected chi connectivity index (χ1v) is 7.65. The van der Waals surface area contributed by atoms with Gasteiger partial charge in [-0.15, -0.1) is 0 Å². The molecule has 3 aromatic rings. The molecule has 25 heavy (non-hydrogen) atoms. The van der Waals surface area contributed by atoms with Crippen molar-refractivity contribution in [1.82, 2.24) is 4.98 Å². The number of methoxy groups -OCH3 is 2. The molecular formula is C19H18N2O4. The van der Waals surface area contributed by atoms with E-state index in [2.05, 4.69) is 10.3 Å². The van der Waals surface area contributed by atoms with Gasteiger partial charge in [0, 0.05) is 23.3 Å². The molecule has 0 fully saturated rings. The molecule has 0 radical (unpaired) electrons. The van der Waals surface area contributed by atoms with Crippen LogP contribution in [0.1, 0.15) is 5.56 Å². The largest absolute Gasteiger partial charge is 0.493 e. The molecule has 1 amide bonds. The summed E-state index contributed by atoms with van der Waals surface area (Å²) in [6.45, 7) is 1.90. The topological polar surface area (TPSA) is 69.7 Å². The van der Waals surface area contributed by atoms with E-state index in [1.54, 1.807) is 38.6 Å². The van der Waals surface area contributed by atoms with Crippen LogP contribution in [0, 0.1) is 6.92 Å². The molecule has 0 saturated heterocycles. The summed E-state index contributed by atoms with van der Waals surface area (Å²) in [7, 11) is 3.17. The summed E-state index contributed by atoms with van der Waals surface area (Å²) in [6.07, 6.45) is 2.33. The number of nitrogens with one attached hydrogen (secondary N) is 1. The van der Waals surface area contributed by atoms with Gasteiger partial charge in [-0.2, -0.15) is 0 Å². The van der Waals surface area contributed by atoms with Crippen LogP contribution in [0.2, 0.25) is 0 Å². The fraction of sp³-hybridized carbons (Fsp3) is 0.158.